The Bertz CT molecular complexity index is 734. The number of hydrogen-bond acceptors (Lipinski definition) is 3. The number of aromatic nitrogens is 3. The van der Waals surface area contributed by atoms with Crippen LogP contribution < -0.4 is 5.73 Å². The molecule has 4 nitrogen and oxygen atoms in total. The van der Waals surface area contributed by atoms with Crippen molar-refractivity contribution in [2.24, 2.45) is 0 Å². The van der Waals surface area contributed by atoms with Crippen LogP contribution in [0, 0.1) is 0 Å². The van der Waals surface area contributed by atoms with Crippen molar-refractivity contribution < 1.29 is 0 Å². The minimum Gasteiger partial charge on any atom is -0.399 e. The molecule has 19 heavy (non-hydrogen) atoms. The molecular weight excluding hydrogens is 283 g/mol. The van der Waals surface area contributed by atoms with Crippen LogP contribution in [0.2, 0.25) is 10.0 Å². The molecule has 0 amide bonds. The smallest absolute Gasteiger partial charge is 0.114 e. The molecule has 0 unspecified atom stereocenters. The van der Waals surface area contributed by atoms with Crippen LogP contribution in [-0.2, 0) is 6.54 Å². The van der Waals surface area contributed by atoms with Crippen LogP contribution >= 0.6 is 23.2 Å². The highest BCUT2D eigenvalue weighted by atomic mass is 35.5. The lowest BCUT2D eigenvalue weighted by Gasteiger charge is -2.04. The summed E-state index contributed by atoms with van der Waals surface area (Å²) in [6.07, 6.45) is 0. The van der Waals surface area contributed by atoms with Crippen molar-refractivity contribution in [3.8, 4) is 0 Å². The topological polar surface area (TPSA) is 56.7 Å². The summed E-state index contributed by atoms with van der Waals surface area (Å²) in [4.78, 5) is 0. The van der Waals surface area contributed by atoms with Gasteiger partial charge in [-0.2, -0.15) is 0 Å². The van der Waals surface area contributed by atoms with Gasteiger partial charge in [0.15, 0.2) is 0 Å². The van der Waals surface area contributed by atoms with Gasteiger partial charge in [-0.15, -0.1) is 5.10 Å². The third-order valence-electron chi connectivity index (χ3n) is 2.87. The highest BCUT2D eigenvalue weighted by Crippen LogP contribution is 2.26. The van der Waals surface area contributed by atoms with Gasteiger partial charge in [0.1, 0.15) is 5.52 Å². The maximum absolute atomic E-state index is 6.02. The summed E-state index contributed by atoms with van der Waals surface area (Å²) >= 11 is 12.0. The van der Waals surface area contributed by atoms with Crippen molar-refractivity contribution in [2.75, 3.05) is 5.73 Å². The molecule has 1 heterocycles. The lowest BCUT2D eigenvalue weighted by Crippen LogP contribution is -2.02. The Kier molecular flexibility index (Phi) is 3.05. The van der Waals surface area contributed by atoms with Crippen LogP contribution in [-0.4, -0.2) is 15.0 Å². The van der Waals surface area contributed by atoms with Crippen molar-refractivity contribution in [3.63, 3.8) is 0 Å². The molecule has 0 saturated heterocycles. The number of nitrogens with two attached hydrogens (primary N) is 1. The second kappa shape index (κ2) is 4.72. The molecule has 0 saturated carbocycles. The first-order valence-corrected chi connectivity index (χ1v) is 6.42. The van der Waals surface area contributed by atoms with Crippen LogP contribution in [0.25, 0.3) is 11.0 Å². The van der Waals surface area contributed by atoms with Crippen LogP contribution in [0.4, 0.5) is 5.69 Å². The Labute approximate surface area is 119 Å². The monoisotopic (exact) mass is 292 g/mol. The van der Waals surface area contributed by atoms with Gasteiger partial charge in [0, 0.05) is 5.69 Å². The quantitative estimate of drug-likeness (QED) is 0.737. The van der Waals surface area contributed by atoms with Gasteiger partial charge in [0.25, 0.3) is 0 Å². The van der Waals surface area contributed by atoms with E-state index in [4.69, 9.17) is 28.9 Å². The Morgan fingerprint density at radius 2 is 1.74 bits per heavy atom. The lowest BCUT2D eigenvalue weighted by molar-refractivity contribution is 0.670. The number of nitrogen functional groups attached to an aromatic ring is 1. The van der Waals surface area contributed by atoms with E-state index in [1.54, 1.807) is 16.8 Å². The first kappa shape index (κ1) is 12.3. The first-order chi connectivity index (χ1) is 9.13. The summed E-state index contributed by atoms with van der Waals surface area (Å²) in [5.74, 6) is 0. The molecular formula is C13H10Cl2N4. The first-order valence-electron chi connectivity index (χ1n) is 5.66. The van der Waals surface area contributed by atoms with Gasteiger partial charge in [0.2, 0.25) is 0 Å². The van der Waals surface area contributed by atoms with E-state index >= 15 is 0 Å². The highest BCUT2D eigenvalue weighted by molar-refractivity contribution is 6.42. The SMILES string of the molecule is Nc1ccc(Cn2nnc3cc(Cl)c(Cl)cc32)cc1. The van der Waals surface area contributed by atoms with Gasteiger partial charge in [0.05, 0.1) is 22.1 Å². The van der Waals surface area contributed by atoms with Crippen LogP contribution in [0.3, 0.4) is 0 Å². The fourth-order valence-electron chi connectivity index (χ4n) is 1.88. The Morgan fingerprint density at radius 3 is 2.47 bits per heavy atom. The molecule has 2 N–H and O–H groups in total. The fourth-order valence-corrected chi connectivity index (χ4v) is 2.19. The molecule has 0 radical (unpaired) electrons. The molecule has 0 bridgehead atoms. The van der Waals surface area contributed by atoms with E-state index in [-0.39, 0.29) is 0 Å². The van der Waals surface area contributed by atoms with Gasteiger partial charge in [-0.05, 0) is 29.8 Å². The summed E-state index contributed by atoms with van der Waals surface area (Å²) < 4.78 is 1.78. The van der Waals surface area contributed by atoms with Gasteiger partial charge in [-0.3, -0.25) is 0 Å². The number of benzene rings is 2. The van der Waals surface area contributed by atoms with Crippen LogP contribution in [0.15, 0.2) is 36.4 Å². The third kappa shape index (κ3) is 2.37. The largest absolute Gasteiger partial charge is 0.399 e. The van der Waals surface area contributed by atoms with Gasteiger partial charge >= 0.3 is 0 Å². The van der Waals surface area contributed by atoms with E-state index in [9.17, 15) is 0 Å². The summed E-state index contributed by atoms with van der Waals surface area (Å²) in [6.45, 7) is 0.606. The zero-order valence-corrected chi connectivity index (χ0v) is 11.4. The third-order valence-corrected chi connectivity index (χ3v) is 3.59. The number of hydrogen-bond donors (Lipinski definition) is 1. The highest BCUT2D eigenvalue weighted by Gasteiger charge is 2.08. The molecule has 0 spiro atoms. The minimum atomic E-state index is 0.480. The molecule has 1 aromatic heterocycles. The maximum Gasteiger partial charge on any atom is 0.114 e. The average molecular weight is 293 g/mol. The molecule has 3 rings (SSSR count). The molecule has 0 aliphatic carbocycles. The number of nitrogens with zero attached hydrogens (tertiary/aromatic N) is 3. The molecule has 96 valence electrons. The molecule has 6 heteroatoms. The summed E-state index contributed by atoms with van der Waals surface area (Å²) in [6, 6.07) is 11.1. The van der Waals surface area contributed by atoms with Crippen molar-refractivity contribution in [1.82, 2.24) is 15.0 Å². The lowest BCUT2D eigenvalue weighted by atomic mass is 10.2. The van der Waals surface area contributed by atoms with Crippen LogP contribution in [0.1, 0.15) is 5.56 Å². The normalized spacial score (nSPS) is 11.1. The second-order valence-electron chi connectivity index (χ2n) is 4.24. The molecule has 0 aliphatic rings. The molecule has 0 fully saturated rings. The van der Waals surface area contributed by atoms with Crippen molar-refractivity contribution in [1.29, 1.82) is 0 Å². The zero-order chi connectivity index (χ0) is 13.4. The van der Waals surface area contributed by atoms with Crippen molar-refractivity contribution in [3.05, 3.63) is 52.0 Å². The van der Waals surface area contributed by atoms with Crippen molar-refractivity contribution in [2.45, 2.75) is 6.54 Å². The summed E-state index contributed by atoms with van der Waals surface area (Å²) in [5.41, 5.74) is 9.07. The molecule has 2 aromatic carbocycles. The number of anilines is 1. The fraction of sp³-hybridized carbons (Fsp3) is 0.0769. The van der Waals surface area contributed by atoms with Gasteiger partial charge < -0.3 is 5.73 Å². The number of rotatable bonds is 2. The Morgan fingerprint density at radius 1 is 1.05 bits per heavy atom. The summed E-state index contributed by atoms with van der Waals surface area (Å²) in [7, 11) is 0. The predicted octanol–water partition coefficient (Wildman–Crippen LogP) is 3.37. The molecule has 0 atom stereocenters. The van der Waals surface area contributed by atoms with E-state index in [1.807, 2.05) is 24.3 Å². The molecule has 0 aliphatic heterocycles. The van der Waals surface area contributed by atoms with Gasteiger partial charge in [-0.25, -0.2) is 4.68 Å². The zero-order valence-electron chi connectivity index (χ0n) is 9.85. The van der Waals surface area contributed by atoms with Gasteiger partial charge in [-0.1, -0.05) is 40.5 Å². The number of fused-ring (bicyclic) bond motifs is 1. The second-order valence-corrected chi connectivity index (χ2v) is 5.06. The van der Waals surface area contributed by atoms with E-state index in [1.165, 1.54) is 0 Å². The molecule has 3 aromatic rings. The van der Waals surface area contributed by atoms with E-state index < -0.39 is 0 Å². The average Bonchev–Trinajstić information content (AvgIpc) is 2.76. The Hall–Kier alpha value is -1.78. The van der Waals surface area contributed by atoms with Crippen LogP contribution in [0.5, 0.6) is 0 Å². The predicted molar refractivity (Wildman–Crippen MR) is 77.5 cm³/mol. The summed E-state index contributed by atoms with van der Waals surface area (Å²) in [5, 5.41) is 9.17. The van der Waals surface area contributed by atoms with E-state index in [2.05, 4.69) is 10.3 Å². The van der Waals surface area contributed by atoms with E-state index in [0.717, 1.165) is 22.3 Å². The van der Waals surface area contributed by atoms with Crippen molar-refractivity contribution >= 4 is 39.9 Å². The Balaban J connectivity index is 2.01. The van der Waals surface area contributed by atoms with E-state index in [0.29, 0.717) is 16.6 Å². The standard InChI is InChI=1S/C13H10Cl2N4/c14-10-5-12-13(6-11(10)15)19(18-17-12)7-8-1-3-9(16)4-2-8/h1-6H,7,16H2. The maximum atomic E-state index is 6.02. The minimum absolute atomic E-state index is 0.480. The number of halogens is 2.